The summed E-state index contributed by atoms with van der Waals surface area (Å²) in [6.07, 6.45) is 1.44. The van der Waals surface area contributed by atoms with Crippen molar-refractivity contribution < 1.29 is 9.21 Å². The molecule has 0 fully saturated rings. The number of aromatic nitrogens is 4. The molecule has 0 saturated carbocycles. The number of carbonyl (C=O) groups excluding carboxylic acids is 1. The van der Waals surface area contributed by atoms with Crippen molar-refractivity contribution in [3.63, 3.8) is 0 Å². The summed E-state index contributed by atoms with van der Waals surface area (Å²) in [6.45, 7) is 2.40. The lowest BCUT2D eigenvalue weighted by Gasteiger charge is -2.24. The van der Waals surface area contributed by atoms with E-state index in [1.54, 1.807) is 0 Å². The van der Waals surface area contributed by atoms with Crippen molar-refractivity contribution in [1.82, 2.24) is 19.7 Å². The lowest BCUT2D eigenvalue weighted by atomic mass is 10.2. The molecule has 0 radical (unpaired) electrons. The molecular weight excluding hydrogens is 480 g/mol. The number of unbranched alkanes of at least 4 members (excludes halogenated alkanes) is 1. The fourth-order valence-corrected chi connectivity index (χ4v) is 4.24. The van der Waals surface area contributed by atoms with Crippen LogP contribution in [0.3, 0.4) is 0 Å². The van der Waals surface area contributed by atoms with Crippen molar-refractivity contribution in [2.45, 2.75) is 31.5 Å². The number of benzene rings is 2. The zero-order valence-corrected chi connectivity index (χ0v) is 20.5. The zero-order chi connectivity index (χ0) is 25.5. The number of amides is 1. The zero-order valence-electron chi connectivity index (χ0n) is 19.7. The average Bonchev–Trinajstić information content (AvgIpc) is 3.37. The number of anilines is 2. The third-order valence-electron chi connectivity index (χ3n) is 5.45. The predicted molar refractivity (Wildman–Crippen MR) is 139 cm³/mol. The number of nitrogens with zero attached hydrogens (tertiary/aromatic N) is 4. The summed E-state index contributed by atoms with van der Waals surface area (Å²) < 4.78 is 6.93. The summed E-state index contributed by atoms with van der Waals surface area (Å²) in [5.74, 6) is -0.139. The largest absolute Gasteiger partial charge is 0.411 e. The summed E-state index contributed by atoms with van der Waals surface area (Å²) in [5.41, 5.74) is 6.53. The third-order valence-corrected chi connectivity index (χ3v) is 6.25. The number of nitrogens with two attached hydrogens (primary N) is 1. The second-order valence-electron chi connectivity index (χ2n) is 7.99. The molecule has 0 atom stereocenters. The van der Waals surface area contributed by atoms with E-state index in [0.717, 1.165) is 29.3 Å². The molecule has 2 heterocycles. The summed E-state index contributed by atoms with van der Waals surface area (Å²) in [5, 5.41) is 8.27. The Balaban J connectivity index is 1.58. The summed E-state index contributed by atoms with van der Waals surface area (Å²) in [4.78, 5) is 42.3. The predicted octanol–water partition coefficient (Wildman–Crippen LogP) is 3.14. The minimum atomic E-state index is -0.708. The highest BCUT2D eigenvalue weighted by molar-refractivity contribution is 7.99. The molecule has 3 N–H and O–H groups in total. The van der Waals surface area contributed by atoms with Crippen LogP contribution in [0.1, 0.15) is 25.3 Å². The lowest BCUT2D eigenvalue weighted by Crippen LogP contribution is -2.42. The number of hydrogen-bond acceptors (Lipinski definition) is 8. The Morgan fingerprint density at radius 2 is 1.78 bits per heavy atom. The highest BCUT2D eigenvalue weighted by Crippen LogP contribution is 2.25. The van der Waals surface area contributed by atoms with Crippen LogP contribution >= 0.6 is 11.8 Å². The van der Waals surface area contributed by atoms with E-state index < -0.39 is 11.2 Å². The van der Waals surface area contributed by atoms with Gasteiger partial charge in [-0.1, -0.05) is 73.6 Å². The van der Waals surface area contributed by atoms with Gasteiger partial charge in [0.1, 0.15) is 5.82 Å². The number of rotatable bonds is 10. The monoisotopic (exact) mass is 506 g/mol. The van der Waals surface area contributed by atoms with E-state index in [9.17, 15) is 14.4 Å². The molecule has 11 heteroatoms. The molecule has 2 aromatic heterocycles. The van der Waals surface area contributed by atoms with Gasteiger partial charge in [0.25, 0.3) is 10.8 Å². The van der Waals surface area contributed by atoms with Crippen LogP contribution in [0.15, 0.2) is 79.9 Å². The molecule has 0 aliphatic carbocycles. The second-order valence-corrected chi connectivity index (χ2v) is 8.92. The Hall–Kier alpha value is -4.12. The van der Waals surface area contributed by atoms with E-state index in [1.165, 1.54) is 9.47 Å². The minimum absolute atomic E-state index is 0.0416. The average molecular weight is 507 g/mol. The molecule has 0 aliphatic heterocycles. The Labute approximate surface area is 211 Å². The van der Waals surface area contributed by atoms with Gasteiger partial charge in [0.2, 0.25) is 11.8 Å². The van der Waals surface area contributed by atoms with Crippen molar-refractivity contribution in [2.75, 3.05) is 22.9 Å². The van der Waals surface area contributed by atoms with Gasteiger partial charge in [0.15, 0.2) is 5.69 Å². The van der Waals surface area contributed by atoms with Gasteiger partial charge in [-0.05, 0) is 24.1 Å². The molecule has 0 bridgehead atoms. The Morgan fingerprint density at radius 1 is 1.08 bits per heavy atom. The fraction of sp³-hybridized carbons (Fsp3) is 0.240. The van der Waals surface area contributed by atoms with Gasteiger partial charge in [-0.15, -0.1) is 10.2 Å². The Bertz CT molecular complexity index is 1430. The quantitative estimate of drug-likeness (QED) is 0.313. The molecule has 1 amide bonds. The van der Waals surface area contributed by atoms with Crippen LogP contribution in [-0.4, -0.2) is 38.0 Å². The molecule has 36 heavy (non-hydrogen) atoms. The first kappa shape index (κ1) is 25.0. The van der Waals surface area contributed by atoms with Gasteiger partial charge >= 0.3 is 5.69 Å². The first-order valence-electron chi connectivity index (χ1n) is 11.5. The summed E-state index contributed by atoms with van der Waals surface area (Å²) in [6, 6.07) is 18.6. The summed E-state index contributed by atoms with van der Waals surface area (Å²) >= 11 is 1.07. The van der Waals surface area contributed by atoms with Crippen LogP contribution in [0.2, 0.25) is 0 Å². The van der Waals surface area contributed by atoms with E-state index in [-0.39, 0.29) is 41.5 Å². The van der Waals surface area contributed by atoms with Crippen molar-refractivity contribution >= 4 is 29.2 Å². The highest BCUT2D eigenvalue weighted by atomic mass is 32.2. The topological polar surface area (TPSA) is 140 Å². The number of thioether (sulfide) groups is 1. The number of hydrogen-bond donors (Lipinski definition) is 2. The van der Waals surface area contributed by atoms with Crippen LogP contribution in [0.4, 0.5) is 11.5 Å². The highest BCUT2D eigenvalue weighted by Gasteiger charge is 2.25. The molecule has 2 aromatic carbocycles. The van der Waals surface area contributed by atoms with Gasteiger partial charge in [-0.3, -0.25) is 19.1 Å². The SMILES string of the molecule is CCCCN(C(=O)CSc1nnc(-c2ccccc2)o1)c1c(N)n(Cc2ccccc2)c(=O)[nH]c1=O. The van der Waals surface area contributed by atoms with E-state index in [1.807, 2.05) is 67.6 Å². The summed E-state index contributed by atoms with van der Waals surface area (Å²) in [7, 11) is 0. The van der Waals surface area contributed by atoms with Crippen molar-refractivity contribution in [3.8, 4) is 11.5 Å². The maximum absolute atomic E-state index is 13.3. The molecule has 0 spiro atoms. The van der Waals surface area contributed by atoms with E-state index in [0.29, 0.717) is 12.3 Å². The molecule has 0 aliphatic rings. The molecular formula is C25H26N6O4S. The van der Waals surface area contributed by atoms with Gasteiger partial charge in [-0.2, -0.15) is 0 Å². The molecule has 186 valence electrons. The van der Waals surface area contributed by atoms with Crippen molar-refractivity contribution in [3.05, 3.63) is 87.1 Å². The number of aromatic amines is 1. The third kappa shape index (κ3) is 5.74. The van der Waals surface area contributed by atoms with Crippen LogP contribution in [0.5, 0.6) is 0 Å². The van der Waals surface area contributed by atoms with Crippen molar-refractivity contribution in [1.29, 1.82) is 0 Å². The van der Waals surface area contributed by atoms with Crippen LogP contribution in [0.25, 0.3) is 11.5 Å². The second kappa shape index (κ2) is 11.5. The van der Waals surface area contributed by atoms with E-state index >= 15 is 0 Å². The van der Waals surface area contributed by atoms with Crippen LogP contribution in [0, 0.1) is 0 Å². The van der Waals surface area contributed by atoms with Gasteiger partial charge in [-0.25, -0.2) is 4.79 Å². The Kier molecular flexibility index (Phi) is 8.01. The van der Waals surface area contributed by atoms with Gasteiger partial charge < -0.3 is 15.1 Å². The number of carbonyl (C=O) groups is 1. The maximum Gasteiger partial charge on any atom is 0.330 e. The number of nitrogens with one attached hydrogen (secondary N) is 1. The number of nitrogen functional groups attached to an aromatic ring is 1. The molecule has 10 nitrogen and oxygen atoms in total. The fourth-order valence-electron chi connectivity index (χ4n) is 3.61. The lowest BCUT2D eigenvalue weighted by molar-refractivity contribution is -0.116. The van der Waals surface area contributed by atoms with Gasteiger partial charge in [0.05, 0.1) is 12.3 Å². The van der Waals surface area contributed by atoms with E-state index in [4.69, 9.17) is 10.2 Å². The normalized spacial score (nSPS) is 10.9. The standard InChI is InChI=1S/C25H26N6O4S/c1-2-3-14-30(19(32)16-36-25-29-28-23(35-25)18-12-8-5-9-13-18)20-21(26)31(24(34)27-22(20)33)15-17-10-6-4-7-11-17/h4-13H,2-3,14-16,26H2,1H3,(H,27,33,34). The smallest absolute Gasteiger partial charge is 0.330 e. The van der Waals surface area contributed by atoms with E-state index in [2.05, 4.69) is 15.2 Å². The molecule has 0 unspecified atom stereocenters. The van der Waals surface area contributed by atoms with Crippen molar-refractivity contribution in [2.24, 2.45) is 0 Å². The minimum Gasteiger partial charge on any atom is -0.411 e. The maximum atomic E-state index is 13.3. The molecule has 0 saturated heterocycles. The first-order chi connectivity index (χ1) is 17.5. The first-order valence-corrected chi connectivity index (χ1v) is 12.4. The van der Waals surface area contributed by atoms with Gasteiger partial charge in [0, 0.05) is 12.1 Å². The molecule has 4 rings (SSSR count). The van der Waals surface area contributed by atoms with Crippen LogP contribution in [-0.2, 0) is 11.3 Å². The molecule has 4 aromatic rings. The Morgan fingerprint density at radius 3 is 2.47 bits per heavy atom. The number of H-pyrrole nitrogens is 1. The van der Waals surface area contributed by atoms with Crippen LogP contribution < -0.4 is 21.9 Å².